The molecular weight excluding hydrogens is 200 g/mol. The van der Waals surface area contributed by atoms with Gasteiger partial charge >= 0.3 is 0 Å². The second-order valence-corrected chi connectivity index (χ2v) is 4.95. The van der Waals surface area contributed by atoms with Gasteiger partial charge in [-0.1, -0.05) is 0 Å². The maximum Gasteiger partial charge on any atom is 0.224 e. The highest BCUT2D eigenvalue weighted by Crippen LogP contribution is 2.40. The van der Waals surface area contributed by atoms with E-state index in [2.05, 4.69) is 29.1 Å². The lowest BCUT2D eigenvalue weighted by molar-refractivity contribution is 0.490. The van der Waals surface area contributed by atoms with Gasteiger partial charge in [0.1, 0.15) is 11.8 Å². The number of nitrogens with one attached hydrogen (secondary N) is 1. The van der Waals surface area contributed by atoms with Gasteiger partial charge in [0.05, 0.1) is 0 Å². The van der Waals surface area contributed by atoms with Gasteiger partial charge < -0.3 is 5.32 Å². The fourth-order valence-corrected chi connectivity index (χ4v) is 1.88. The van der Waals surface area contributed by atoms with E-state index in [1.165, 1.54) is 12.8 Å². The van der Waals surface area contributed by atoms with Crippen molar-refractivity contribution in [1.82, 2.24) is 9.97 Å². The van der Waals surface area contributed by atoms with E-state index < -0.39 is 0 Å². The fraction of sp³-hybridized carbons (Fsp3) is 0.583. The zero-order valence-corrected chi connectivity index (χ0v) is 9.91. The zero-order valence-electron chi connectivity index (χ0n) is 9.91. The number of hydrogen-bond donors (Lipinski definition) is 1. The molecule has 0 unspecified atom stereocenters. The van der Waals surface area contributed by atoms with Crippen LogP contribution in [-0.4, -0.2) is 15.5 Å². The summed E-state index contributed by atoms with van der Waals surface area (Å²) in [7, 11) is 0. The van der Waals surface area contributed by atoms with Crippen LogP contribution >= 0.6 is 0 Å². The van der Waals surface area contributed by atoms with Gasteiger partial charge in [0.15, 0.2) is 0 Å². The lowest BCUT2D eigenvalue weighted by Crippen LogP contribution is -2.34. The van der Waals surface area contributed by atoms with Gasteiger partial charge in [0.2, 0.25) is 5.95 Å². The van der Waals surface area contributed by atoms with Gasteiger partial charge in [0, 0.05) is 11.2 Å². The molecular formula is C12H16N4. The van der Waals surface area contributed by atoms with E-state index in [4.69, 9.17) is 5.26 Å². The Labute approximate surface area is 95.7 Å². The maximum atomic E-state index is 8.84. The predicted octanol–water partition coefficient (Wildman–Crippen LogP) is 2.26. The highest BCUT2D eigenvalue weighted by molar-refractivity contribution is 5.35. The number of nitriles is 1. The van der Waals surface area contributed by atoms with Gasteiger partial charge in [-0.2, -0.15) is 5.26 Å². The van der Waals surface area contributed by atoms with Crippen LogP contribution < -0.4 is 5.32 Å². The average Bonchev–Trinajstić information content (AvgIpc) is 2.98. The summed E-state index contributed by atoms with van der Waals surface area (Å²) in [6.45, 7) is 6.18. The van der Waals surface area contributed by atoms with Crippen LogP contribution in [0.3, 0.4) is 0 Å². The van der Waals surface area contributed by atoms with E-state index in [9.17, 15) is 0 Å². The van der Waals surface area contributed by atoms with Gasteiger partial charge in [-0.05, 0) is 45.6 Å². The maximum absolute atomic E-state index is 8.84. The first-order valence-electron chi connectivity index (χ1n) is 5.55. The van der Waals surface area contributed by atoms with Crippen molar-refractivity contribution in [2.75, 3.05) is 5.32 Å². The topological polar surface area (TPSA) is 61.6 Å². The van der Waals surface area contributed by atoms with Crippen molar-refractivity contribution in [1.29, 1.82) is 5.26 Å². The molecule has 1 fully saturated rings. The van der Waals surface area contributed by atoms with E-state index >= 15 is 0 Å². The average molecular weight is 216 g/mol. The van der Waals surface area contributed by atoms with Crippen molar-refractivity contribution < 1.29 is 0 Å². The molecule has 1 aliphatic rings. The first kappa shape index (κ1) is 10.9. The van der Waals surface area contributed by atoms with Crippen LogP contribution in [-0.2, 0) is 0 Å². The molecule has 1 N–H and O–H groups in total. The van der Waals surface area contributed by atoms with Crippen LogP contribution in [0.2, 0.25) is 0 Å². The van der Waals surface area contributed by atoms with Gasteiger partial charge in [-0.3, -0.25) is 0 Å². The first-order chi connectivity index (χ1) is 7.51. The number of hydrogen-bond acceptors (Lipinski definition) is 4. The lowest BCUT2D eigenvalue weighted by Gasteiger charge is -2.26. The molecule has 4 heteroatoms. The summed E-state index contributed by atoms with van der Waals surface area (Å²) in [5, 5.41) is 12.2. The number of aryl methyl sites for hydroxylation is 1. The predicted molar refractivity (Wildman–Crippen MR) is 61.9 cm³/mol. The van der Waals surface area contributed by atoms with E-state index in [0.717, 1.165) is 5.69 Å². The normalized spacial score (nSPS) is 15.6. The Balaban J connectivity index is 2.21. The van der Waals surface area contributed by atoms with Crippen molar-refractivity contribution in [3.63, 3.8) is 0 Å². The molecule has 84 valence electrons. The summed E-state index contributed by atoms with van der Waals surface area (Å²) in [4.78, 5) is 8.47. The van der Waals surface area contributed by atoms with Crippen LogP contribution in [0.1, 0.15) is 38.1 Å². The summed E-state index contributed by atoms with van der Waals surface area (Å²) in [6, 6.07) is 3.74. The Bertz CT molecular complexity index is 441. The van der Waals surface area contributed by atoms with Gasteiger partial charge in [0.25, 0.3) is 0 Å². The molecule has 4 nitrogen and oxygen atoms in total. The molecule has 1 heterocycles. The van der Waals surface area contributed by atoms with Crippen molar-refractivity contribution in [3.8, 4) is 6.07 Å². The minimum Gasteiger partial charge on any atom is -0.349 e. The zero-order chi connectivity index (χ0) is 11.8. The van der Waals surface area contributed by atoms with Crippen LogP contribution in [0.25, 0.3) is 0 Å². The number of aromatic nitrogens is 2. The first-order valence-corrected chi connectivity index (χ1v) is 5.55. The summed E-state index contributed by atoms with van der Waals surface area (Å²) in [5.74, 6) is 1.26. The highest BCUT2D eigenvalue weighted by atomic mass is 15.1. The summed E-state index contributed by atoms with van der Waals surface area (Å²) < 4.78 is 0. The Morgan fingerprint density at radius 2 is 2.12 bits per heavy atom. The Kier molecular flexibility index (Phi) is 2.55. The van der Waals surface area contributed by atoms with Crippen LogP contribution in [0.4, 0.5) is 5.95 Å². The smallest absolute Gasteiger partial charge is 0.224 e. The molecule has 0 aliphatic heterocycles. The fourth-order valence-electron chi connectivity index (χ4n) is 1.88. The molecule has 1 aromatic rings. The van der Waals surface area contributed by atoms with Crippen molar-refractivity contribution in [2.45, 2.75) is 39.2 Å². The molecule has 0 atom stereocenters. The standard InChI is InChI=1S/C12H16N4/c1-8-6-10(7-13)15-11(14-8)16-12(2,3)9-4-5-9/h6,9H,4-5H2,1-3H3,(H,14,15,16). The Morgan fingerprint density at radius 3 is 2.69 bits per heavy atom. The third kappa shape index (κ3) is 2.30. The second-order valence-electron chi connectivity index (χ2n) is 4.95. The van der Waals surface area contributed by atoms with Crippen molar-refractivity contribution >= 4 is 5.95 Å². The summed E-state index contributed by atoms with van der Waals surface area (Å²) in [5.41, 5.74) is 1.25. The summed E-state index contributed by atoms with van der Waals surface area (Å²) >= 11 is 0. The monoisotopic (exact) mass is 216 g/mol. The number of nitrogens with zero attached hydrogens (tertiary/aromatic N) is 3. The molecule has 0 radical (unpaired) electrons. The quantitative estimate of drug-likeness (QED) is 0.841. The van der Waals surface area contributed by atoms with Crippen LogP contribution in [0, 0.1) is 24.2 Å². The SMILES string of the molecule is Cc1cc(C#N)nc(NC(C)(C)C2CC2)n1. The van der Waals surface area contributed by atoms with E-state index in [-0.39, 0.29) is 5.54 Å². The summed E-state index contributed by atoms with van der Waals surface area (Å²) in [6.07, 6.45) is 2.52. The van der Waals surface area contributed by atoms with E-state index in [0.29, 0.717) is 17.6 Å². The molecule has 1 aliphatic carbocycles. The molecule has 0 bridgehead atoms. The molecule has 0 saturated heterocycles. The third-order valence-electron chi connectivity index (χ3n) is 3.00. The Morgan fingerprint density at radius 1 is 1.44 bits per heavy atom. The van der Waals surface area contributed by atoms with Crippen molar-refractivity contribution in [3.05, 3.63) is 17.5 Å². The highest BCUT2D eigenvalue weighted by Gasteiger charge is 2.38. The molecule has 0 aromatic carbocycles. The molecule has 1 saturated carbocycles. The largest absolute Gasteiger partial charge is 0.349 e. The van der Waals surface area contributed by atoms with E-state index in [1.54, 1.807) is 6.07 Å². The lowest BCUT2D eigenvalue weighted by atomic mass is 9.99. The van der Waals surface area contributed by atoms with Gasteiger partial charge in [-0.25, -0.2) is 9.97 Å². The van der Waals surface area contributed by atoms with Gasteiger partial charge in [-0.15, -0.1) is 0 Å². The third-order valence-corrected chi connectivity index (χ3v) is 3.00. The Hall–Kier alpha value is -1.63. The number of rotatable bonds is 3. The minimum atomic E-state index is 0.0144. The van der Waals surface area contributed by atoms with Crippen LogP contribution in [0.15, 0.2) is 6.07 Å². The molecule has 1 aromatic heterocycles. The molecule has 2 rings (SSSR count). The number of anilines is 1. The van der Waals surface area contributed by atoms with Crippen LogP contribution in [0.5, 0.6) is 0 Å². The minimum absolute atomic E-state index is 0.0144. The second kappa shape index (κ2) is 3.75. The van der Waals surface area contributed by atoms with Crippen molar-refractivity contribution in [2.24, 2.45) is 5.92 Å². The van der Waals surface area contributed by atoms with E-state index in [1.807, 2.05) is 13.0 Å². The molecule has 16 heavy (non-hydrogen) atoms. The molecule has 0 amide bonds. The molecule has 0 spiro atoms.